The topological polar surface area (TPSA) is 81.2 Å². The third-order valence-electron chi connectivity index (χ3n) is 4.65. The summed E-state index contributed by atoms with van der Waals surface area (Å²) in [5, 5.41) is 4.34. The van der Waals surface area contributed by atoms with Crippen LogP contribution in [-0.2, 0) is 0 Å². The third-order valence-corrected chi connectivity index (χ3v) is 4.65. The van der Waals surface area contributed by atoms with Gasteiger partial charge in [-0.3, -0.25) is 9.59 Å². The molecule has 1 aliphatic rings. The van der Waals surface area contributed by atoms with Crippen LogP contribution in [0.5, 0.6) is 0 Å². The molecule has 0 bridgehead atoms. The summed E-state index contributed by atoms with van der Waals surface area (Å²) in [6, 6.07) is 10.9. The van der Waals surface area contributed by atoms with Crippen LogP contribution in [0.2, 0.25) is 0 Å². The van der Waals surface area contributed by atoms with E-state index >= 15 is 0 Å². The molecule has 0 saturated carbocycles. The van der Waals surface area contributed by atoms with Crippen molar-refractivity contribution in [2.75, 3.05) is 19.6 Å². The summed E-state index contributed by atoms with van der Waals surface area (Å²) in [4.78, 5) is 26.8. The Labute approximate surface area is 153 Å². The van der Waals surface area contributed by atoms with E-state index in [0.717, 1.165) is 12.1 Å². The lowest BCUT2D eigenvalue weighted by Crippen LogP contribution is -2.37. The maximum absolute atomic E-state index is 12.8. The molecule has 0 radical (unpaired) electrons. The number of rotatable bonds is 3. The van der Waals surface area contributed by atoms with Crippen LogP contribution in [0.15, 0.2) is 41.2 Å². The second kappa shape index (κ2) is 7.37. The molecule has 134 valence electrons. The number of carbonyl (C=O) groups is 1. The van der Waals surface area contributed by atoms with Crippen molar-refractivity contribution >= 4 is 18.3 Å². The predicted molar refractivity (Wildman–Crippen MR) is 99.5 cm³/mol. The molecule has 1 aliphatic heterocycles. The van der Waals surface area contributed by atoms with Gasteiger partial charge in [-0.15, -0.1) is 12.4 Å². The van der Waals surface area contributed by atoms with Crippen molar-refractivity contribution in [2.45, 2.75) is 20.3 Å². The molecule has 1 fully saturated rings. The Balaban J connectivity index is 0.00000225. The van der Waals surface area contributed by atoms with Gasteiger partial charge in [0.15, 0.2) is 5.69 Å². The van der Waals surface area contributed by atoms with Crippen molar-refractivity contribution in [2.24, 2.45) is 11.1 Å². The lowest BCUT2D eigenvalue weighted by molar-refractivity contribution is 0.0767. The van der Waals surface area contributed by atoms with Crippen LogP contribution in [0.1, 0.15) is 29.5 Å². The van der Waals surface area contributed by atoms with Crippen LogP contribution in [0.3, 0.4) is 0 Å². The van der Waals surface area contributed by atoms with E-state index in [1.165, 1.54) is 6.07 Å². The minimum absolute atomic E-state index is 0. The number of carbonyl (C=O) groups excluding carboxylic acids is 1. The molecule has 25 heavy (non-hydrogen) atoms. The Morgan fingerprint density at radius 1 is 1.32 bits per heavy atom. The number of hydrogen-bond donors (Lipinski definition) is 1. The number of benzene rings is 1. The molecule has 6 nitrogen and oxygen atoms in total. The average Bonchev–Trinajstić information content (AvgIpc) is 2.98. The minimum atomic E-state index is -0.342. The number of para-hydroxylation sites is 1. The molecule has 1 unspecified atom stereocenters. The number of amides is 1. The zero-order valence-electron chi connectivity index (χ0n) is 14.4. The molecule has 7 heteroatoms. The normalized spacial score (nSPS) is 19.6. The zero-order chi connectivity index (χ0) is 17.3. The van der Waals surface area contributed by atoms with E-state index in [-0.39, 0.29) is 34.9 Å². The molecule has 1 aromatic heterocycles. The van der Waals surface area contributed by atoms with E-state index in [0.29, 0.717) is 25.3 Å². The van der Waals surface area contributed by atoms with Gasteiger partial charge >= 0.3 is 0 Å². The van der Waals surface area contributed by atoms with Gasteiger partial charge in [-0.2, -0.15) is 5.10 Å². The monoisotopic (exact) mass is 362 g/mol. The fraction of sp³-hybridized carbons (Fsp3) is 0.389. The number of aryl methyl sites for hydroxylation is 1. The summed E-state index contributed by atoms with van der Waals surface area (Å²) < 4.78 is 1.63. The molecule has 1 aromatic carbocycles. The third kappa shape index (κ3) is 3.75. The molecular weight excluding hydrogens is 340 g/mol. The molecule has 2 heterocycles. The number of hydrogen-bond acceptors (Lipinski definition) is 4. The zero-order valence-corrected chi connectivity index (χ0v) is 15.3. The fourth-order valence-electron chi connectivity index (χ4n) is 3.04. The van der Waals surface area contributed by atoms with Crippen molar-refractivity contribution in [3.05, 3.63) is 58.0 Å². The Kier molecular flexibility index (Phi) is 5.65. The molecule has 1 saturated heterocycles. The molecule has 1 amide bonds. The van der Waals surface area contributed by atoms with Crippen LogP contribution in [0, 0.1) is 12.3 Å². The van der Waals surface area contributed by atoms with E-state index in [2.05, 4.69) is 12.0 Å². The SMILES string of the molecule is Cc1cc(=O)c(C(=O)N2CCC(C)(CN)C2)nn1-c1ccccc1.Cl. The lowest BCUT2D eigenvalue weighted by Gasteiger charge is -2.22. The standard InChI is InChI=1S/C18H22N4O2.ClH/c1-13-10-15(23)16(20-22(13)14-6-4-3-5-7-14)17(24)21-9-8-18(2,11-19)12-21;/h3-7,10H,8-9,11-12,19H2,1-2H3;1H. The van der Waals surface area contributed by atoms with Gasteiger partial charge in [0.25, 0.3) is 5.91 Å². The molecule has 2 aromatic rings. The Morgan fingerprint density at radius 3 is 2.60 bits per heavy atom. The predicted octanol–water partition coefficient (Wildman–Crippen LogP) is 1.77. The highest BCUT2D eigenvalue weighted by Gasteiger charge is 2.36. The first-order valence-electron chi connectivity index (χ1n) is 8.09. The first-order chi connectivity index (χ1) is 11.4. The maximum atomic E-state index is 12.8. The fourth-order valence-corrected chi connectivity index (χ4v) is 3.04. The average molecular weight is 363 g/mol. The van der Waals surface area contributed by atoms with Crippen molar-refractivity contribution < 1.29 is 4.79 Å². The van der Waals surface area contributed by atoms with Gasteiger partial charge in [0.2, 0.25) is 5.43 Å². The van der Waals surface area contributed by atoms with Crippen LogP contribution >= 0.6 is 12.4 Å². The molecule has 1 atom stereocenters. The van der Waals surface area contributed by atoms with Gasteiger partial charge in [0.05, 0.1) is 5.69 Å². The van der Waals surface area contributed by atoms with Crippen LogP contribution in [0.4, 0.5) is 0 Å². The van der Waals surface area contributed by atoms with Crippen molar-refractivity contribution in [1.29, 1.82) is 0 Å². The summed E-state index contributed by atoms with van der Waals surface area (Å²) in [7, 11) is 0. The van der Waals surface area contributed by atoms with Crippen LogP contribution in [-0.4, -0.2) is 40.2 Å². The maximum Gasteiger partial charge on any atom is 0.278 e. The van der Waals surface area contributed by atoms with Gasteiger partial charge in [0.1, 0.15) is 0 Å². The van der Waals surface area contributed by atoms with Gasteiger partial charge in [-0.25, -0.2) is 4.68 Å². The first kappa shape index (κ1) is 19.1. The highest BCUT2D eigenvalue weighted by Crippen LogP contribution is 2.29. The summed E-state index contributed by atoms with van der Waals surface area (Å²) in [6.45, 7) is 5.55. The van der Waals surface area contributed by atoms with E-state index in [4.69, 9.17) is 5.73 Å². The number of nitrogens with zero attached hydrogens (tertiary/aromatic N) is 3. The van der Waals surface area contributed by atoms with Gasteiger partial charge in [0, 0.05) is 24.8 Å². The quantitative estimate of drug-likeness (QED) is 0.902. The van der Waals surface area contributed by atoms with Crippen LogP contribution in [0.25, 0.3) is 5.69 Å². The summed E-state index contributed by atoms with van der Waals surface area (Å²) >= 11 is 0. The Bertz CT molecular complexity index is 822. The smallest absolute Gasteiger partial charge is 0.278 e. The molecule has 2 N–H and O–H groups in total. The molecular formula is C18H23ClN4O2. The lowest BCUT2D eigenvalue weighted by atomic mass is 9.90. The molecule has 0 spiro atoms. The Hall–Kier alpha value is -2.18. The van der Waals surface area contributed by atoms with E-state index in [1.54, 1.807) is 16.5 Å². The largest absolute Gasteiger partial charge is 0.337 e. The van der Waals surface area contributed by atoms with Crippen LogP contribution < -0.4 is 11.2 Å². The van der Waals surface area contributed by atoms with E-state index < -0.39 is 0 Å². The van der Waals surface area contributed by atoms with Crippen molar-refractivity contribution in [3.63, 3.8) is 0 Å². The highest BCUT2D eigenvalue weighted by molar-refractivity contribution is 5.92. The number of likely N-dealkylation sites (tertiary alicyclic amines) is 1. The van der Waals surface area contributed by atoms with Gasteiger partial charge in [-0.1, -0.05) is 25.1 Å². The van der Waals surface area contributed by atoms with Crippen molar-refractivity contribution in [3.8, 4) is 5.69 Å². The van der Waals surface area contributed by atoms with Gasteiger partial charge < -0.3 is 10.6 Å². The van der Waals surface area contributed by atoms with E-state index in [1.807, 2.05) is 30.3 Å². The summed E-state index contributed by atoms with van der Waals surface area (Å²) in [6.07, 6.45) is 0.841. The van der Waals surface area contributed by atoms with Crippen molar-refractivity contribution in [1.82, 2.24) is 14.7 Å². The number of halogens is 1. The summed E-state index contributed by atoms with van der Waals surface area (Å²) in [5.74, 6) is -0.318. The Morgan fingerprint density at radius 2 is 2.00 bits per heavy atom. The minimum Gasteiger partial charge on any atom is -0.337 e. The highest BCUT2D eigenvalue weighted by atomic mass is 35.5. The number of nitrogens with two attached hydrogens (primary N) is 1. The second-order valence-electron chi connectivity index (χ2n) is 6.74. The molecule has 0 aliphatic carbocycles. The molecule has 3 rings (SSSR count). The summed E-state index contributed by atoms with van der Waals surface area (Å²) in [5.41, 5.74) is 6.84. The van der Waals surface area contributed by atoms with Gasteiger partial charge in [-0.05, 0) is 37.4 Å². The first-order valence-corrected chi connectivity index (χ1v) is 8.09. The van der Waals surface area contributed by atoms with E-state index in [9.17, 15) is 9.59 Å². The second-order valence-corrected chi connectivity index (χ2v) is 6.74. The number of aromatic nitrogens is 2.